The largest absolute Gasteiger partial charge is 0.360 e. The van der Waals surface area contributed by atoms with Crippen molar-refractivity contribution in [2.75, 3.05) is 19.6 Å². The number of rotatable bonds is 0. The molecule has 2 saturated heterocycles. The number of aliphatic imine (C=N–C) groups is 1. The molecule has 0 atom stereocenters. The predicted octanol–water partition coefficient (Wildman–Crippen LogP) is 1.95. The molecule has 0 N–H and O–H groups in total. The molecule has 3 rings (SSSR count). The van der Waals surface area contributed by atoms with Gasteiger partial charge in [-0.2, -0.15) is 4.42 Å². The summed E-state index contributed by atoms with van der Waals surface area (Å²) in [7, 11) is 0. The molecule has 2 fully saturated rings. The Morgan fingerprint density at radius 2 is 1.58 bits per heavy atom. The first-order valence-electron chi connectivity index (χ1n) is 6.98. The van der Waals surface area contributed by atoms with E-state index < -0.39 is 0 Å². The average Bonchev–Trinajstić information content (AvgIpc) is 2.65. The molecule has 0 aliphatic carbocycles. The smallest absolute Gasteiger partial charge is 0.244 e. The van der Waals surface area contributed by atoms with Gasteiger partial charge in [0.25, 0.3) is 0 Å². The molecule has 3 heterocycles. The first-order chi connectivity index (χ1) is 9.18. The van der Waals surface area contributed by atoms with Crippen LogP contribution in [-0.2, 0) is 9.59 Å². The monoisotopic (exact) mass is 285 g/mol. The van der Waals surface area contributed by atoms with E-state index in [9.17, 15) is 9.59 Å². The topological polar surface area (TPSA) is 53.0 Å². The van der Waals surface area contributed by atoms with Crippen molar-refractivity contribution in [2.45, 2.75) is 44.9 Å². The first-order valence-corrected chi connectivity index (χ1v) is 7.32. The van der Waals surface area contributed by atoms with Crippen LogP contribution in [0.15, 0.2) is 4.99 Å². The van der Waals surface area contributed by atoms with Crippen LogP contribution in [-0.4, -0.2) is 46.6 Å². The zero-order valence-corrected chi connectivity index (χ0v) is 11.9. The number of fused-ring (bicyclic) bond motifs is 1. The molecule has 0 saturated carbocycles. The summed E-state index contributed by atoms with van der Waals surface area (Å²) in [4.78, 5) is 27.8. The summed E-state index contributed by atoms with van der Waals surface area (Å²) in [6.07, 6.45) is 7.16. The van der Waals surface area contributed by atoms with Crippen molar-refractivity contribution in [3.8, 4) is 0 Å². The Bertz CT molecular complexity index is 368. The van der Waals surface area contributed by atoms with Crippen molar-refractivity contribution in [2.24, 2.45) is 4.99 Å². The molecule has 0 aromatic heterocycles. The third-order valence-corrected chi connectivity index (χ3v) is 3.94. The lowest BCUT2D eigenvalue weighted by molar-refractivity contribution is -0.132. The van der Waals surface area contributed by atoms with Crippen LogP contribution < -0.4 is 0 Å². The Balaban J connectivity index is 0.000000148. The van der Waals surface area contributed by atoms with Gasteiger partial charge in [-0.25, -0.2) is 0 Å². The van der Waals surface area contributed by atoms with E-state index in [1.807, 2.05) is 0 Å². The number of halogens is 1. The second-order valence-electron chi connectivity index (χ2n) is 5.02. The van der Waals surface area contributed by atoms with Crippen LogP contribution in [0.2, 0.25) is 0 Å². The van der Waals surface area contributed by atoms with Gasteiger partial charge in [0.1, 0.15) is 0 Å². The van der Waals surface area contributed by atoms with Gasteiger partial charge >= 0.3 is 0 Å². The number of amidine groups is 1. The van der Waals surface area contributed by atoms with E-state index >= 15 is 0 Å². The van der Waals surface area contributed by atoms with Crippen molar-refractivity contribution in [3.63, 3.8) is 0 Å². The van der Waals surface area contributed by atoms with Crippen molar-refractivity contribution in [1.82, 2.24) is 9.32 Å². The highest BCUT2D eigenvalue weighted by Crippen LogP contribution is 2.15. The fraction of sp³-hybridized carbons (Fsp3) is 0.769. The van der Waals surface area contributed by atoms with Crippen molar-refractivity contribution >= 4 is 29.4 Å². The SMILES string of the molecule is C1CCC2=NCCCN2CC1.O=C1CCC(=O)N1Cl. The fourth-order valence-electron chi connectivity index (χ4n) is 2.49. The second kappa shape index (κ2) is 6.89. The molecular formula is C13H20ClN3O2. The standard InChI is InChI=1S/C9H16N2.C4H4ClNO2/c1-2-5-9-10-6-4-8-11(9)7-3-1;5-6-3(7)1-2-4(6)8/h1-8H2;1-2H2. The number of carbonyl (C=O) groups is 2. The Morgan fingerprint density at radius 1 is 0.895 bits per heavy atom. The van der Waals surface area contributed by atoms with Crippen LogP contribution in [0.5, 0.6) is 0 Å². The van der Waals surface area contributed by atoms with E-state index in [0.717, 1.165) is 6.54 Å². The molecule has 0 aromatic rings. The molecule has 0 unspecified atom stereocenters. The average molecular weight is 286 g/mol. The minimum Gasteiger partial charge on any atom is -0.360 e. The summed E-state index contributed by atoms with van der Waals surface area (Å²) < 4.78 is 0.639. The Morgan fingerprint density at radius 3 is 2.21 bits per heavy atom. The Labute approximate surface area is 118 Å². The zero-order valence-electron chi connectivity index (χ0n) is 11.1. The van der Waals surface area contributed by atoms with Gasteiger partial charge in [-0.15, -0.1) is 0 Å². The molecule has 0 bridgehead atoms. The van der Waals surface area contributed by atoms with Gasteiger partial charge in [0.05, 0.1) is 5.84 Å². The highest BCUT2D eigenvalue weighted by molar-refractivity contribution is 6.32. The molecule has 5 nitrogen and oxygen atoms in total. The van der Waals surface area contributed by atoms with Crippen LogP contribution in [0.25, 0.3) is 0 Å². The number of hydrogen-bond donors (Lipinski definition) is 0. The van der Waals surface area contributed by atoms with Gasteiger partial charge < -0.3 is 4.90 Å². The van der Waals surface area contributed by atoms with Crippen LogP contribution >= 0.6 is 11.8 Å². The summed E-state index contributed by atoms with van der Waals surface area (Å²) in [5.74, 6) is 0.807. The molecule has 0 spiro atoms. The zero-order chi connectivity index (χ0) is 13.7. The maximum Gasteiger partial charge on any atom is 0.244 e. The maximum absolute atomic E-state index is 10.4. The van der Waals surface area contributed by atoms with E-state index in [1.54, 1.807) is 0 Å². The summed E-state index contributed by atoms with van der Waals surface area (Å²) >= 11 is 5.15. The van der Waals surface area contributed by atoms with E-state index in [0.29, 0.717) is 4.42 Å². The van der Waals surface area contributed by atoms with Crippen LogP contribution in [0.4, 0.5) is 0 Å². The summed E-state index contributed by atoms with van der Waals surface area (Å²) in [6, 6.07) is 0. The summed E-state index contributed by atoms with van der Waals surface area (Å²) in [5.41, 5.74) is 0. The van der Waals surface area contributed by atoms with E-state index in [4.69, 9.17) is 11.8 Å². The number of hydrogen-bond acceptors (Lipinski definition) is 4. The maximum atomic E-state index is 10.4. The normalized spacial score (nSPS) is 23.3. The van der Waals surface area contributed by atoms with Gasteiger partial charge in [0, 0.05) is 50.7 Å². The lowest BCUT2D eigenvalue weighted by Gasteiger charge is -2.27. The second-order valence-corrected chi connectivity index (χ2v) is 5.36. The highest BCUT2D eigenvalue weighted by atomic mass is 35.5. The third kappa shape index (κ3) is 3.93. The fourth-order valence-corrected chi connectivity index (χ4v) is 2.66. The lowest BCUT2D eigenvalue weighted by atomic mass is 10.2. The molecule has 0 aromatic carbocycles. The quantitative estimate of drug-likeness (QED) is 0.505. The summed E-state index contributed by atoms with van der Waals surface area (Å²) in [5, 5.41) is 0. The highest BCUT2D eigenvalue weighted by Gasteiger charge is 2.26. The van der Waals surface area contributed by atoms with Crippen molar-refractivity contribution in [3.05, 3.63) is 0 Å². The van der Waals surface area contributed by atoms with Gasteiger partial charge in [0.15, 0.2) is 0 Å². The molecule has 3 aliphatic heterocycles. The first kappa shape index (κ1) is 14.3. The van der Waals surface area contributed by atoms with E-state index in [-0.39, 0.29) is 24.7 Å². The van der Waals surface area contributed by atoms with Gasteiger partial charge in [-0.05, 0) is 19.3 Å². The Kier molecular flexibility index (Phi) is 5.19. The molecule has 2 amide bonds. The molecular weight excluding hydrogens is 266 g/mol. The molecule has 19 heavy (non-hydrogen) atoms. The molecule has 6 heteroatoms. The number of carbonyl (C=O) groups excluding carboxylic acids is 2. The number of imide groups is 1. The molecule has 106 valence electrons. The van der Waals surface area contributed by atoms with Crippen LogP contribution in [0.1, 0.15) is 44.9 Å². The van der Waals surface area contributed by atoms with Gasteiger partial charge in [0.2, 0.25) is 11.8 Å². The third-order valence-electron chi connectivity index (χ3n) is 3.56. The van der Waals surface area contributed by atoms with Crippen LogP contribution in [0, 0.1) is 0 Å². The minimum atomic E-state index is -0.295. The van der Waals surface area contributed by atoms with Crippen LogP contribution in [0.3, 0.4) is 0 Å². The minimum absolute atomic E-state index is 0.266. The lowest BCUT2D eigenvalue weighted by Crippen LogP contribution is -2.34. The van der Waals surface area contributed by atoms with E-state index in [2.05, 4.69) is 9.89 Å². The summed E-state index contributed by atoms with van der Waals surface area (Å²) in [6.45, 7) is 3.60. The van der Waals surface area contributed by atoms with Crippen molar-refractivity contribution < 1.29 is 9.59 Å². The number of nitrogens with zero attached hydrogens (tertiary/aromatic N) is 3. The van der Waals surface area contributed by atoms with E-state index in [1.165, 1.54) is 51.0 Å². The van der Waals surface area contributed by atoms with Gasteiger partial charge in [-0.3, -0.25) is 14.6 Å². The van der Waals surface area contributed by atoms with Crippen molar-refractivity contribution in [1.29, 1.82) is 0 Å². The Hall–Kier alpha value is -1.10. The predicted molar refractivity (Wildman–Crippen MR) is 73.9 cm³/mol. The number of amides is 2. The van der Waals surface area contributed by atoms with Gasteiger partial charge in [-0.1, -0.05) is 6.42 Å². The molecule has 0 radical (unpaired) electrons. The molecule has 3 aliphatic rings.